The van der Waals surface area contributed by atoms with Crippen LogP contribution in [0.5, 0.6) is 5.75 Å². The Bertz CT molecular complexity index is 1300. The van der Waals surface area contributed by atoms with Crippen LogP contribution in [0.3, 0.4) is 0 Å². The summed E-state index contributed by atoms with van der Waals surface area (Å²) in [5.74, 6) is 0.298. The highest BCUT2D eigenvalue weighted by Crippen LogP contribution is 2.34. The highest BCUT2D eigenvalue weighted by atomic mass is 16.5. The predicted octanol–water partition coefficient (Wildman–Crippen LogP) is 4.19. The Kier molecular flexibility index (Phi) is 7.70. The van der Waals surface area contributed by atoms with Crippen molar-refractivity contribution in [3.8, 4) is 5.75 Å². The number of methoxy groups -OCH3 is 1. The number of aryl methyl sites for hydroxylation is 1. The average molecular weight is 487 g/mol. The van der Waals surface area contributed by atoms with E-state index < -0.39 is 6.04 Å². The van der Waals surface area contributed by atoms with E-state index in [1.165, 1.54) is 0 Å². The molecule has 2 atom stereocenters. The van der Waals surface area contributed by atoms with Gasteiger partial charge in [-0.15, -0.1) is 0 Å². The van der Waals surface area contributed by atoms with Gasteiger partial charge in [0.05, 0.1) is 19.4 Å². The number of rotatable bonds is 8. The van der Waals surface area contributed by atoms with Gasteiger partial charge in [0.15, 0.2) is 0 Å². The number of para-hydroxylation sites is 1. The molecular weight excluding hydrogens is 452 g/mol. The maximum absolute atomic E-state index is 13.9. The second kappa shape index (κ2) is 10.9. The minimum absolute atomic E-state index is 0.0978. The van der Waals surface area contributed by atoms with Crippen LogP contribution >= 0.6 is 0 Å². The monoisotopic (exact) mass is 486 g/mol. The van der Waals surface area contributed by atoms with Crippen LogP contribution < -0.4 is 20.7 Å². The number of benzene rings is 3. The van der Waals surface area contributed by atoms with Crippen molar-refractivity contribution in [2.75, 3.05) is 18.6 Å². The van der Waals surface area contributed by atoms with Gasteiger partial charge in [-0.25, -0.2) is 0 Å². The normalized spacial score (nSPS) is 16.3. The molecule has 1 aliphatic rings. The summed E-state index contributed by atoms with van der Waals surface area (Å²) in [4.78, 5) is 28.4. The number of nitrogens with two attached hydrogens (primary N) is 1. The van der Waals surface area contributed by atoms with Crippen molar-refractivity contribution >= 4 is 34.0 Å². The standard InChI is InChI=1S/C29H34N4O3/c1-4-18(2)28(34)32-25-13-10-19-7-5-6-8-26(19)33(29(25)35)17-23-22-12-9-21(24(31)16-30)15-20(22)11-14-27(23)36-3/h5-9,11-12,14-15,18,25,31H,4,10,13,16-17,30H2,1-3H3,(H,32,34)/t18-,25+/m1/s1. The minimum atomic E-state index is -0.600. The smallest absolute Gasteiger partial charge is 0.249 e. The molecule has 36 heavy (non-hydrogen) atoms. The van der Waals surface area contributed by atoms with E-state index in [0.29, 0.717) is 37.3 Å². The lowest BCUT2D eigenvalue weighted by Crippen LogP contribution is -2.49. The van der Waals surface area contributed by atoms with E-state index in [0.717, 1.165) is 33.2 Å². The Labute approximate surface area is 212 Å². The molecule has 188 valence electrons. The average Bonchev–Trinajstić information content (AvgIpc) is 3.04. The second-order valence-electron chi connectivity index (χ2n) is 9.33. The lowest BCUT2D eigenvalue weighted by Gasteiger charge is -2.28. The maximum Gasteiger partial charge on any atom is 0.249 e. The lowest BCUT2D eigenvalue weighted by atomic mass is 9.98. The number of anilines is 1. The summed E-state index contributed by atoms with van der Waals surface area (Å²) in [6.07, 6.45) is 1.96. The summed E-state index contributed by atoms with van der Waals surface area (Å²) in [5, 5.41) is 13.0. The van der Waals surface area contributed by atoms with Gasteiger partial charge in [0.25, 0.3) is 0 Å². The molecule has 3 aromatic rings. The van der Waals surface area contributed by atoms with Gasteiger partial charge in [-0.05, 0) is 59.4 Å². The van der Waals surface area contributed by atoms with Crippen molar-refractivity contribution in [3.05, 3.63) is 71.3 Å². The number of amides is 2. The molecule has 0 fully saturated rings. The van der Waals surface area contributed by atoms with Crippen molar-refractivity contribution in [2.24, 2.45) is 11.7 Å². The number of nitrogens with one attached hydrogen (secondary N) is 2. The molecule has 4 N–H and O–H groups in total. The first-order valence-electron chi connectivity index (χ1n) is 12.4. The summed E-state index contributed by atoms with van der Waals surface area (Å²) in [6.45, 7) is 4.30. The first kappa shape index (κ1) is 25.4. The summed E-state index contributed by atoms with van der Waals surface area (Å²) in [5.41, 5.74) is 9.61. The Hall–Kier alpha value is -3.71. The molecule has 0 bridgehead atoms. The molecule has 4 rings (SSSR count). The number of nitrogens with zero attached hydrogens (tertiary/aromatic N) is 1. The number of carbonyl (C=O) groups excluding carboxylic acids is 2. The molecule has 2 amide bonds. The molecule has 7 nitrogen and oxygen atoms in total. The van der Waals surface area contributed by atoms with Gasteiger partial charge >= 0.3 is 0 Å². The lowest BCUT2D eigenvalue weighted by molar-refractivity contribution is -0.129. The van der Waals surface area contributed by atoms with E-state index in [2.05, 4.69) is 5.32 Å². The zero-order valence-electron chi connectivity index (χ0n) is 21.1. The summed E-state index contributed by atoms with van der Waals surface area (Å²) in [7, 11) is 1.62. The highest BCUT2D eigenvalue weighted by Gasteiger charge is 2.33. The van der Waals surface area contributed by atoms with Crippen molar-refractivity contribution in [2.45, 2.75) is 45.7 Å². The largest absolute Gasteiger partial charge is 0.496 e. The molecule has 0 unspecified atom stereocenters. The van der Waals surface area contributed by atoms with Gasteiger partial charge in [0, 0.05) is 23.7 Å². The fourth-order valence-corrected chi connectivity index (χ4v) is 4.70. The van der Waals surface area contributed by atoms with E-state index in [-0.39, 0.29) is 24.3 Å². The van der Waals surface area contributed by atoms with Crippen molar-refractivity contribution in [3.63, 3.8) is 0 Å². The molecule has 0 saturated carbocycles. The minimum Gasteiger partial charge on any atom is -0.496 e. The van der Waals surface area contributed by atoms with E-state index >= 15 is 0 Å². The summed E-state index contributed by atoms with van der Waals surface area (Å²) < 4.78 is 5.72. The molecule has 0 aromatic heterocycles. The summed E-state index contributed by atoms with van der Waals surface area (Å²) in [6, 6.07) is 17.0. The van der Waals surface area contributed by atoms with E-state index in [1.54, 1.807) is 12.0 Å². The van der Waals surface area contributed by atoms with Gasteiger partial charge in [0.1, 0.15) is 11.8 Å². The van der Waals surface area contributed by atoms with Crippen LogP contribution in [0.15, 0.2) is 54.6 Å². The van der Waals surface area contributed by atoms with Crippen LogP contribution in [0.4, 0.5) is 5.69 Å². The third kappa shape index (κ3) is 4.97. The van der Waals surface area contributed by atoms with Crippen molar-refractivity contribution in [1.82, 2.24) is 5.32 Å². The second-order valence-corrected chi connectivity index (χ2v) is 9.33. The maximum atomic E-state index is 13.9. The Morgan fingerprint density at radius 3 is 2.72 bits per heavy atom. The molecule has 0 aliphatic carbocycles. The molecule has 1 heterocycles. The molecule has 3 aromatic carbocycles. The Balaban J connectivity index is 1.78. The fraction of sp³-hybridized carbons (Fsp3) is 0.345. The van der Waals surface area contributed by atoms with Crippen molar-refractivity contribution < 1.29 is 14.3 Å². The van der Waals surface area contributed by atoms with Crippen LogP contribution in [0.1, 0.15) is 43.4 Å². The fourth-order valence-electron chi connectivity index (χ4n) is 4.70. The molecule has 7 heteroatoms. The Morgan fingerprint density at radius 1 is 1.22 bits per heavy atom. The Morgan fingerprint density at radius 2 is 2.00 bits per heavy atom. The SMILES string of the molecule is CC[C@@H](C)C(=O)N[C@H]1CCc2ccccc2N(Cc2c(OC)ccc3cc(C(=N)CN)ccc23)C1=O. The van der Waals surface area contributed by atoms with E-state index in [9.17, 15) is 9.59 Å². The molecule has 0 saturated heterocycles. The number of hydrogen-bond acceptors (Lipinski definition) is 5. The topological polar surface area (TPSA) is 109 Å². The van der Waals surface area contributed by atoms with Crippen LogP contribution in [0.25, 0.3) is 10.8 Å². The molecule has 0 spiro atoms. The molecular formula is C29H34N4O3. The van der Waals surface area contributed by atoms with E-state index in [1.807, 2.05) is 68.4 Å². The first-order chi connectivity index (χ1) is 17.4. The third-order valence-corrected chi connectivity index (χ3v) is 7.10. The first-order valence-corrected chi connectivity index (χ1v) is 12.4. The zero-order valence-corrected chi connectivity index (χ0v) is 21.1. The van der Waals surface area contributed by atoms with Gasteiger partial charge in [-0.1, -0.05) is 50.2 Å². The van der Waals surface area contributed by atoms with Crippen LogP contribution in [-0.2, 0) is 22.6 Å². The molecule has 1 aliphatic heterocycles. The quantitative estimate of drug-likeness (QED) is 0.415. The van der Waals surface area contributed by atoms with Crippen LogP contribution in [0, 0.1) is 11.3 Å². The van der Waals surface area contributed by atoms with Crippen LogP contribution in [-0.4, -0.2) is 37.2 Å². The predicted molar refractivity (Wildman–Crippen MR) is 144 cm³/mol. The number of fused-ring (bicyclic) bond motifs is 2. The van der Waals surface area contributed by atoms with Gasteiger partial charge < -0.3 is 26.1 Å². The third-order valence-electron chi connectivity index (χ3n) is 7.10. The number of ether oxygens (including phenoxy) is 1. The highest BCUT2D eigenvalue weighted by molar-refractivity contribution is 6.04. The van der Waals surface area contributed by atoms with Crippen LogP contribution in [0.2, 0.25) is 0 Å². The van der Waals surface area contributed by atoms with Gasteiger partial charge in [0.2, 0.25) is 11.8 Å². The summed E-state index contributed by atoms with van der Waals surface area (Å²) >= 11 is 0. The zero-order chi connectivity index (χ0) is 25.8. The number of hydrogen-bond donors (Lipinski definition) is 3. The van der Waals surface area contributed by atoms with Crippen molar-refractivity contribution in [1.29, 1.82) is 5.41 Å². The number of carbonyl (C=O) groups is 2. The van der Waals surface area contributed by atoms with Gasteiger partial charge in [-0.3, -0.25) is 9.59 Å². The molecule has 0 radical (unpaired) electrons. The van der Waals surface area contributed by atoms with E-state index in [4.69, 9.17) is 15.9 Å². The van der Waals surface area contributed by atoms with Gasteiger partial charge in [-0.2, -0.15) is 0 Å².